The van der Waals surface area contributed by atoms with E-state index >= 15 is 0 Å². The van der Waals surface area contributed by atoms with E-state index < -0.39 is 0 Å². The quantitative estimate of drug-likeness (QED) is 0.343. The van der Waals surface area contributed by atoms with Crippen LogP contribution in [0, 0.1) is 11.3 Å². The molecule has 1 atom stereocenters. The van der Waals surface area contributed by atoms with Gasteiger partial charge in [0.15, 0.2) is 0 Å². The third-order valence-corrected chi connectivity index (χ3v) is 6.25. The van der Waals surface area contributed by atoms with Gasteiger partial charge in [-0.25, -0.2) is 0 Å². The molecule has 0 saturated carbocycles. The Morgan fingerprint density at radius 1 is 0.839 bits per heavy atom. The maximum Gasteiger partial charge on any atom is 0.0991 e. The average Bonchev–Trinajstić information content (AvgIpc) is 2.84. The van der Waals surface area contributed by atoms with Crippen LogP contribution in [0.5, 0.6) is 0 Å². The van der Waals surface area contributed by atoms with Crippen LogP contribution < -0.4 is 5.73 Å². The zero-order valence-corrected chi connectivity index (χ0v) is 17.4. The first kappa shape index (κ1) is 19.3. The van der Waals surface area contributed by atoms with E-state index in [4.69, 9.17) is 11.0 Å². The number of nitrogens with zero attached hydrogens (tertiary/aromatic N) is 1. The fraction of sp³-hybridized carbons (Fsp3) is 0.138. The van der Waals surface area contributed by atoms with Gasteiger partial charge in [-0.1, -0.05) is 84.5 Å². The Hall–Kier alpha value is -3.67. The van der Waals surface area contributed by atoms with Gasteiger partial charge in [0.05, 0.1) is 11.6 Å². The number of nitriles is 1. The van der Waals surface area contributed by atoms with E-state index in [0.29, 0.717) is 5.56 Å². The fourth-order valence-corrected chi connectivity index (χ4v) is 4.76. The van der Waals surface area contributed by atoms with Crippen LogP contribution in [0.15, 0.2) is 96.6 Å². The smallest absolute Gasteiger partial charge is 0.0991 e. The highest BCUT2D eigenvalue weighted by atomic mass is 14.6. The second kappa shape index (κ2) is 8.22. The van der Waals surface area contributed by atoms with Crippen molar-refractivity contribution in [2.75, 3.05) is 0 Å². The standard InChI is InChI=1S/C18H17N.C11H7N/c19-17-11-13-6-2-3-7-14(13)16-10-9-12-5-1-4-8-15(12)18(16)17;12-8-9-5-6-10-3-1-2-4-11(10)7-9/h1,3-5,7-10,17H,2,6,11,19H2;1-7H. The first-order valence-corrected chi connectivity index (χ1v) is 10.8. The highest BCUT2D eigenvalue weighted by Gasteiger charge is 2.25. The molecule has 4 aromatic carbocycles. The van der Waals surface area contributed by atoms with Crippen LogP contribution in [-0.4, -0.2) is 0 Å². The lowest BCUT2D eigenvalue weighted by molar-refractivity contribution is 0.682. The van der Waals surface area contributed by atoms with Crippen LogP contribution in [0.1, 0.15) is 42.0 Å². The predicted octanol–water partition coefficient (Wildman–Crippen LogP) is 7.06. The molecule has 0 radical (unpaired) electrons. The molecule has 2 aliphatic rings. The summed E-state index contributed by atoms with van der Waals surface area (Å²) in [7, 11) is 0. The molecule has 31 heavy (non-hydrogen) atoms. The molecule has 0 spiro atoms. The van der Waals surface area contributed by atoms with Gasteiger partial charge in [0, 0.05) is 6.04 Å². The molecule has 2 nitrogen and oxygen atoms in total. The van der Waals surface area contributed by atoms with Gasteiger partial charge in [-0.3, -0.25) is 0 Å². The molecule has 0 bridgehead atoms. The number of hydrogen-bond acceptors (Lipinski definition) is 2. The first-order chi connectivity index (χ1) is 15.2. The lowest BCUT2D eigenvalue weighted by atomic mass is 9.77. The second-order valence-corrected chi connectivity index (χ2v) is 8.19. The minimum absolute atomic E-state index is 0.145. The number of fused-ring (bicyclic) bond motifs is 5. The predicted molar refractivity (Wildman–Crippen MR) is 129 cm³/mol. The second-order valence-electron chi connectivity index (χ2n) is 8.19. The highest BCUT2D eigenvalue weighted by molar-refractivity contribution is 5.94. The van der Waals surface area contributed by atoms with Crippen molar-refractivity contribution in [2.24, 2.45) is 5.73 Å². The Labute approximate surface area is 182 Å². The molecule has 0 saturated heterocycles. The molecule has 4 aromatic rings. The minimum atomic E-state index is 0.145. The fourth-order valence-electron chi connectivity index (χ4n) is 4.76. The zero-order chi connectivity index (χ0) is 21.2. The summed E-state index contributed by atoms with van der Waals surface area (Å²) in [4.78, 5) is 0. The van der Waals surface area contributed by atoms with E-state index in [1.54, 1.807) is 0 Å². The summed E-state index contributed by atoms with van der Waals surface area (Å²) in [6.45, 7) is 0. The maximum atomic E-state index is 8.65. The Balaban J connectivity index is 0.000000147. The van der Waals surface area contributed by atoms with Crippen LogP contribution in [0.4, 0.5) is 0 Å². The summed E-state index contributed by atoms with van der Waals surface area (Å²) in [5.41, 5.74) is 12.8. The first-order valence-electron chi connectivity index (χ1n) is 10.8. The summed E-state index contributed by atoms with van der Waals surface area (Å²) >= 11 is 0. The van der Waals surface area contributed by atoms with Crippen molar-refractivity contribution >= 4 is 27.1 Å². The molecule has 0 fully saturated rings. The van der Waals surface area contributed by atoms with Gasteiger partial charge >= 0.3 is 0 Å². The molecule has 1 unspecified atom stereocenters. The van der Waals surface area contributed by atoms with Gasteiger partial charge < -0.3 is 5.73 Å². The van der Waals surface area contributed by atoms with E-state index in [-0.39, 0.29) is 6.04 Å². The summed E-state index contributed by atoms with van der Waals surface area (Å²) in [6, 6.07) is 29.0. The molecule has 150 valence electrons. The van der Waals surface area contributed by atoms with Gasteiger partial charge in [0.1, 0.15) is 0 Å². The summed E-state index contributed by atoms with van der Waals surface area (Å²) in [6.07, 6.45) is 7.92. The minimum Gasteiger partial charge on any atom is -0.324 e. The van der Waals surface area contributed by atoms with Crippen LogP contribution in [-0.2, 0) is 0 Å². The monoisotopic (exact) mass is 400 g/mol. The van der Waals surface area contributed by atoms with Gasteiger partial charge in [-0.15, -0.1) is 0 Å². The maximum absolute atomic E-state index is 8.65. The molecular weight excluding hydrogens is 376 g/mol. The van der Waals surface area contributed by atoms with E-state index in [1.807, 2.05) is 42.5 Å². The van der Waals surface area contributed by atoms with E-state index in [1.165, 1.54) is 44.9 Å². The largest absolute Gasteiger partial charge is 0.324 e. The van der Waals surface area contributed by atoms with Crippen molar-refractivity contribution < 1.29 is 0 Å². The molecule has 2 heteroatoms. The van der Waals surface area contributed by atoms with Crippen LogP contribution in [0.25, 0.3) is 27.1 Å². The molecular formula is C29H24N2. The Morgan fingerprint density at radius 2 is 1.58 bits per heavy atom. The summed E-state index contributed by atoms with van der Waals surface area (Å²) in [5, 5.41) is 13.6. The van der Waals surface area contributed by atoms with Crippen LogP contribution in [0.2, 0.25) is 0 Å². The average molecular weight is 401 g/mol. The molecule has 2 N–H and O–H groups in total. The Kier molecular flexibility index (Phi) is 5.12. The normalized spacial score (nSPS) is 16.8. The third kappa shape index (κ3) is 3.65. The summed E-state index contributed by atoms with van der Waals surface area (Å²) < 4.78 is 0. The SMILES string of the molecule is N#Cc1ccc2ccccc2c1.NC1CC2=C(C=CCC2)c2ccc3ccccc3c21. The Morgan fingerprint density at radius 3 is 2.42 bits per heavy atom. The van der Waals surface area contributed by atoms with Gasteiger partial charge in [0.25, 0.3) is 0 Å². The van der Waals surface area contributed by atoms with Crippen molar-refractivity contribution in [3.05, 3.63) is 113 Å². The number of nitrogens with two attached hydrogens (primary N) is 1. The number of hydrogen-bond donors (Lipinski definition) is 1. The molecule has 0 heterocycles. The molecule has 0 aromatic heterocycles. The zero-order valence-electron chi connectivity index (χ0n) is 17.4. The lowest BCUT2D eigenvalue weighted by Gasteiger charge is -2.29. The van der Waals surface area contributed by atoms with Crippen molar-refractivity contribution in [3.8, 4) is 6.07 Å². The van der Waals surface area contributed by atoms with Gasteiger partial charge in [-0.2, -0.15) is 5.26 Å². The third-order valence-electron chi connectivity index (χ3n) is 6.25. The van der Waals surface area contributed by atoms with E-state index in [9.17, 15) is 0 Å². The topological polar surface area (TPSA) is 49.8 Å². The van der Waals surface area contributed by atoms with Crippen molar-refractivity contribution in [1.29, 1.82) is 5.26 Å². The van der Waals surface area contributed by atoms with Gasteiger partial charge in [0.2, 0.25) is 0 Å². The van der Waals surface area contributed by atoms with Gasteiger partial charge in [-0.05, 0) is 69.6 Å². The van der Waals surface area contributed by atoms with Crippen molar-refractivity contribution in [2.45, 2.75) is 25.3 Å². The molecule has 2 aliphatic carbocycles. The van der Waals surface area contributed by atoms with Crippen LogP contribution in [0.3, 0.4) is 0 Å². The lowest BCUT2D eigenvalue weighted by Crippen LogP contribution is -2.19. The summed E-state index contributed by atoms with van der Waals surface area (Å²) in [5.74, 6) is 0. The van der Waals surface area contributed by atoms with Crippen LogP contribution >= 0.6 is 0 Å². The van der Waals surface area contributed by atoms with Crippen molar-refractivity contribution in [1.82, 2.24) is 0 Å². The number of rotatable bonds is 0. The van der Waals surface area contributed by atoms with E-state index in [2.05, 4.69) is 54.6 Å². The molecule has 6 rings (SSSR count). The van der Waals surface area contributed by atoms with Crippen molar-refractivity contribution in [3.63, 3.8) is 0 Å². The molecule has 0 aliphatic heterocycles. The highest BCUT2D eigenvalue weighted by Crippen LogP contribution is 2.43. The van der Waals surface area contributed by atoms with E-state index in [0.717, 1.165) is 18.2 Å². The number of allylic oxidation sites excluding steroid dienone is 3. The Bertz CT molecular complexity index is 1390. The molecule has 0 amide bonds. The number of benzene rings is 4.